The molecule has 0 bridgehead atoms. The van der Waals surface area contributed by atoms with Crippen molar-refractivity contribution >= 4 is 0 Å². The summed E-state index contributed by atoms with van der Waals surface area (Å²) in [6, 6.07) is 15.0. The van der Waals surface area contributed by atoms with E-state index in [1.807, 2.05) is 69.3 Å². The van der Waals surface area contributed by atoms with Crippen LogP contribution in [0.1, 0.15) is 52.8 Å². The molecule has 0 aliphatic heterocycles. The first-order chi connectivity index (χ1) is 13.0. The Kier molecular flexibility index (Phi) is 5.78. The van der Waals surface area contributed by atoms with E-state index in [0.717, 1.165) is 11.1 Å². The lowest BCUT2D eigenvalue weighted by atomic mass is 10.0. The van der Waals surface area contributed by atoms with Crippen LogP contribution in [0.25, 0.3) is 0 Å². The third-order valence-electron chi connectivity index (χ3n) is 4.36. The average Bonchev–Trinajstić information content (AvgIpc) is 2.68. The monoisotopic (exact) mass is 365 g/mol. The molecule has 0 aliphatic carbocycles. The summed E-state index contributed by atoms with van der Waals surface area (Å²) in [5.74, 6) is 0.258. The number of benzene rings is 2. The quantitative estimate of drug-likeness (QED) is 0.698. The van der Waals surface area contributed by atoms with Crippen molar-refractivity contribution in [2.75, 3.05) is 6.61 Å². The number of aliphatic hydroxyl groups is 2. The summed E-state index contributed by atoms with van der Waals surface area (Å²) in [6.07, 6.45) is -2.07. The fourth-order valence-electron chi connectivity index (χ4n) is 2.80. The van der Waals surface area contributed by atoms with Crippen LogP contribution in [0.2, 0.25) is 0 Å². The lowest BCUT2D eigenvalue weighted by molar-refractivity contribution is 0.187. The number of aryl methyl sites for hydroxylation is 2. The molecule has 0 amide bonds. The molecule has 6 heteroatoms. The Bertz CT molecular complexity index is 826. The Morgan fingerprint density at radius 3 is 1.56 bits per heavy atom. The molecule has 0 spiro atoms. The highest BCUT2D eigenvalue weighted by atomic mass is 16.5. The summed E-state index contributed by atoms with van der Waals surface area (Å²) in [5, 5.41) is 33.4. The maximum Gasteiger partial charge on any atom is 0.172 e. The van der Waals surface area contributed by atoms with Crippen LogP contribution < -0.4 is 4.74 Å². The Hall–Kier alpha value is -2.83. The van der Waals surface area contributed by atoms with Crippen LogP contribution in [-0.2, 0) is 0 Å². The molecule has 1 heterocycles. The molecule has 2 atom stereocenters. The zero-order valence-corrected chi connectivity index (χ0v) is 15.6. The zero-order chi connectivity index (χ0) is 19.4. The fraction of sp³-hybridized carbons (Fsp3) is 0.286. The molecule has 3 aromatic rings. The van der Waals surface area contributed by atoms with Gasteiger partial charge in [0.1, 0.15) is 23.6 Å². The van der Waals surface area contributed by atoms with E-state index in [-0.39, 0.29) is 17.1 Å². The molecular weight excluding hydrogens is 342 g/mol. The topological polar surface area (TPSA) is 88.4 Å². The first-order valence-electron chi connectivity index (χ1n) is 8.86. The van der Waals surface area contributed by atoms with Gasteiger partial charge in [-0.3, -0.25) is 0 Å². The Labute approximate surface area is 158 Å². The van der Waals surface area contributed by atoms with Crippen molar-refractivity contribution in [1.29, 1.82) is 0 Å². The minimum absolute atomic E-state index is 0.233. The van der Waals surface area contributed by atoms with E-state index in [2.05, 4.69) is 15.4 Å². The maximum absolute atomic E-state index is 10.8. The summed E-state index contributed by atoms with van der Waals surface area (Å²) >= 11 is 0. The molecule has 6 nitrogen and oxygen atoms in total. The van der Waals surface area contributed by atoms with Gasteiger partial charge in [0, 0.05) is 0 Å². The third kappa shape index (κ3) is 4.13. The first-order valence-corrected chi connectivity index (χ1v) is 8.86. The summed E-state index contributed by atoms with van der Waals surface area (Å²) in [6.45, 7) is 6.12. The highest BCUT2D eigenvalue weighted by Gasteiger charge is 2.26. The van der Waals surface area contributed by atoms with Crippen molar-refractivity contribution in [3.8, 4) is 5.75 Å². The van der Waals surface area contributed by atoms with Crippen LogP contribution in [0.3, 0.4) is 0 Å². The lowest BCUT2D eigenvalue weighted by Crippen LogP contribution is -2.15. The molecular formula is C21H23N3O3. The number of aliphatic hydroxyl groups excluding tert-OH is 2. The normalized spacial score (nSPS) is 13.2. The van der Waals surface area contributed by atoms with Gasteiger partial charge in [-0.2, -0.15) is 0 Å². The molecule has 2 N–H and O–H groups in total. The Morgan fingerprint density at radius 2 is 1.19 bits per heavy atom. The SMILES string of the molecule is CCOc1c(C(O)c2ccc(C)cc2)nnnc1C(O)c1ccc(C)cc1. The van der Waals surface area contributed by atoms with Crippen LogP contribution in [0.4, 0.5) is 0 Å². The van der Waals surface area contributed by atoms with Crippen molar-refractivity contribution in [2.45, 2.75) is 33.0 Å². The van der Waals surface area contributed by atoms with Crippen molar-refractivity contribution in [1.82, 2.24) is 15.4 Å². The Morgan fingerprint density at radius 1 is 0.778 bits per heavy atom. The van der Waals surface area contributed by atoms with Gasteiger partial charge < -0.3 is 14.9 Å². The predicted molar refractivity (Wildman–Crippen MR) is 101 cm³/mol. The van der Waals surface area contributed by atoms with Gasteiger partial charge in [0.05, 0.1) is 6.61 Å². The van der Waals surface area contributed by atoms with Crippen molar-refractivity contribution in [2.24, 2.45) is 0 Å². The molecule has 3 rings (SSSR count). The number of ether oxygens (including phenoxy) is 1. The molecule has 0 saturated heterocycles. The van der Waals surface area contributed by atoms with E-state index in [4.69, 9.17) is 4.74 Å². The first kappa shape index (κ1) is 18.9. The van der Waals surface area contributed by atoms with Gasteiger partial charge in [0.2, 0.25) is 0 Å². The molecule has 2 unspecified atom stereocenters. The fourth-order valence-corrected chi connectivity index (χ4v) is 2.80. The third-order valence-corrected chi connectivity index (χ3v) is 4.36. The molecule has 2 aromatic carbocycles. The lowest BCUT2D eigenvalue weighted by Gasteiger charge is -2.19. The van der Waals surface area contributed by atoms with Gasteiger partial charge in [-0.1, -0.05) is 59.7 Å². The maximum atomic E-state index is 10.8. The number of nitrogens with zero attached hydrogens (tertiary/aromatic N) is 3. The van der Waals surface area contributed by atoms with Gasteiger partial charge in [0.15, 0.2) is 5.75 Å². The molecule has 1 aromatic heterocycles. The molecule has 140 valence electrons. The predicted octanol–water partition coefficient (Wildman–Crippen LogP) is 3.05. The van der Waals surface area contributed by atoms with Crippen molar-refractivity contribution in [3.63, 3.8) is 0 Å². The molecule has 27 heavy (non-hydrogen) atoms. The van der Waals surface area contributed by atoms with Crippen molar-refractivity contribution in [3.05, 3.63) is 82.2 Å². The highest BCUT2D eigenvalue weighted by Crippen LogP contribution is 2.34. The molecule has 0 fully saturated rings. The summed E-state index contributed by atoms with van der Waals surface area (Å²) in [4.78, 5) is 0. The van der Waals surface area contributed by atoms with Gasteiger partial charge in [-0.15, -0.1) is 10.2 Å². The van der Waals surface area contributed by atoms with Crippen LogP contribution in [-0.4, -0.2) is 32.2 Å². The molecule has 0 aliphatic rings. The Balaban J connectivity index is 2.03. The minimum Gasteiger partial charge on any atom is -0.490 e. The largest absolute Gasteiger partial charge is 0.490 e. The summed E-state index contributed by atoms with van der Waals surface area (Å²) < 4.78 is 5.72. The average molecular weight is 365 g/mol. The van der Waals surface area contributed by atoms with Gasteiger partial charge in [-0.25, -0.2) is 0 Å². The van der Waals surface area contributed by atoms with Crippen LogP contribution >= 0.6 is 0 Å². The van der Waals surface area contributed by atoms with Crippen molar-refractivity contribution < 1.29 is 14.9 Å². The summed E-state index contributed by atoms with van der Waals surface area (Å²) in [7, 11) is 0. The zero-order valence-electron chi connectivity index (χ0n) is 15.6. The van der Waals surface area contributed by atoms with E-state index in [1.54, 1.807) is 0 Å². The number of hydrogen-bond acceptors (Lipinski definition) is 6. The number of rotatable bonds is 6. The van der Waals surface area contributed by atoms with E-state index < -0.39 is 12.2 Å². The minimum atomic E-state index is -1.04. The van der Waals surface area contributed by atoms with Gasteiger partial charge >= 0.3 is 0 Å². The second-order valence-corrected chi connectivity index (χ2v) is 6.45. The van der Waals surface area contributed by atoms with E-state index in [1.165, 1.54) is 0 Å². The second-order valence-electron chi connectivity index (χ2n) is 6.45. The highest BCUT2D eigenvalue weighted by molar-refractivity contribution is 5.42. The van der Waals surface area contributed by atoms with E-state index in [0.29, 0.717) is 17.7 Å². The molecule has 0 radical (unpaired) electrons. The van der Waals surface area contributed by atoms with Gasteiger partial charge in [-0.05, 0) is 37.1 Å². The number of aromatic nitrogens is 3. The summed E-state index contributed by atoms with van der Waals surface area (Å²) in [5.41, 5.74) is 3.98. The molecule has 0 saturated carbocycles. The smallest absolute Gasteiger partial charge is 0.172 e. The van der Waals surface area contributed by atoms with Crippen LogP contribution in [0, 0.1) is 13.8 Å². The number of hydrogen-bond donors (Lipinski definition) is 2. The van der Waals surface area contributed by atoms with E-state index >= 15 is 0 Å². The standard InChI is InChI=1S/C21H23N3O3/c1-4-27-21-17(19(25)15-9-5-13(2)6-10-15)22-24-23-18(21)20(26)16-11-7-14(3)8-12-16/h5-12,19-20,25-26H,4H2,1-3H3. The second kappa shape index (κ2) is 8.24. The van der Waals surface area contributed by atoms with Gasteiger partial charge in [0.25, 0.3) is 0 Å². The van der Waals surface area contributed by atoms with E-state index in [9.17, 15) is 10.2 Å². The van der Waals surface area contributed by atoms with Crippen LogP contribution in [0.5, 0.6) is 5.75 Å². The van der Waals surface area contributed by atoms with Crippen LogP contribution in [0.15, 0.2) is 48.5 Å².